The minimum absolute atomic E-state index is 0.241. The molecule has 4 heteroatoms. The maximum atomic E-state index is 14.9. The summed E-state index contributed by atoms with van der Waals surface area (Å²) in [4.78, 5) is 0. The SMILES string of the molecule is CCCCOc1ccc2c(sc3cc(OC4CCCCC4)ccc32)c1F. The van der Waals surface area contributed by atoms with Gasteiger partial charge in [-0.2, -0.15) is 0 Å². The van der Waals surface area contributed by atoms with E-state index in [0.29, 0.717) is 23.2 Å². The van der Waals surface area contributed by atoms with Crippen molar-refractivity contribution < 1.29 is 13.9 Å². The molecule has 2 aromatic carbocycles. The largest absolute Gasteiger partial charge is 0.490 e. The van der Waals surface area contributed by atoms with E-state index in [2.05, 4.69) is 19.1 Å². The van der Waals surface area contributed by atoms with Crippen LogP contribution in [0.2, 0.25) is 0 Å². The van der Waals surface area contributed by atoms with Crippen molar-refractivity contribution in [2.75, 3.05) is 6.61 Å². The number of benzene rings is 2. The van der Waals surface area contributed by atoms with Crippen LogP contribution in [0.5, 0.6) is 11.5 Å². The van der Waals surface area contributed by atoms with Gasteiger partial charge in [0, 0.05) is 15.5 Å². The third kappa shape index (κ3) is 3.52. The fourth-order valence-electron chi connectivity index (χ4n) is 3.66. The molecular formula is C22H25FO2S. The van der Waals surface area contributed by atoms with Crippen molar-refractivity contribution in [1.82, 2.24) is 0 Å². The van der Waals surface area contributed by atoms with Gasteiger partial charge in [0.2, 0.25) is 0 Å². The van der Waals surface area contributed by atoms with Crippen LogP contribution in [0.1, 0.15) is 51.9 Å². The lowest BCUT2D eigenvalue weighted by molar-refractivity contribution is 0.155. The van der Waals surface area contributed by atoms with E-state index in [1.807, 2.05) is 12.1 Å². The minimum Gasteiger partial charge on any atom is -0.490 e. The first-order valence-electron chi connectivity index (χ1n) is 9.70. The molecule has 4 rings (SSSR count). The monoisotopic (exact) mass is 372 g/mol. The van der Waals surface area contributed by atoms with Crippen molar-refractivity contribution >= 4 is 31.5 Å². The molecule has 0 amide bonds. The maximum absolute atomic E-state index is 14.9. The summed E-state index contributed by atoms with van der Waals surface area (Å²) in [6, 6.07) is 9.87. The van der Waals surface area contributed by atoms with Crippen LogP contribution in [0.4, 0.5) is 4.39 Å². The molecule has 2 nitrogen and oxygen atoms in total. The zero-order valence-electron chi connectivity index (χ0n) is 15.2. The fourth-order valence-corrected chi connectivity index (χ4v) is 4.82. The van der Waals surface area contributed by atoms with Crippen LogP contribution in [-0.4, -0.2) is 12.7 Å². The molecule has 1 aromatic heterocycles. The highest BCUT2D eigenvalue weighted by atomic mass is 32.1. The topological polar surface area (TPSA) is 18.5 Å². The quantitative estimate of drug-likeness (QED) is 0.430. The average molecular weight is 373 g/mol. The molecule has 26 heavy (non-hydrogen) atoms. The molecule has 0 spiro atoms. The Morgan fingerprint density at radius 3 is 2.69 bits per heavy atom. The van der Waals surface area contributed by atoms with Gasteiger partial charge in [-0.15, -0.1) is 11.3 Å². The highest BCUT2D eigenvalue weighted by Crippen LogP contribution is 2.40. The molecule has 1 saturated carbocycles. The second kappa shape index (κ2) is 7.83. The Morgan fingerprint density at radius 1 is 1.08 bits per heavy atom. The lowest BCUT2D eigenvalue weighted by Gasteiger charge is -2.22. The van der Waals surface area contributed by atoms with Gasteiger partial charge >= 0.3 is 0 Å². The number of fused-ring (bicyclic) bond motifs is 3. The lowest BCUT2D eigenvalue weighted by atomic mass is 9.98. The summed E-state index contributed by atoms with van der Waals surface area (Å²) in [7, 11) is 0. The summed E-state index contributed by atoms with van der Waals surface area (Å²) in [6.45, 7) is 2.66. The van der Waals surface area contributed by atoms with Crippen molar-refractivity contribution in [3.8, 4) is 11.5 Å². The van der Waals surface area contributed by atoms with Gasteiger partial charge in [-0.1, -0.05) is 19.8 Å². The summed E-state index contributed by atoms with van der Waals surface area (Å²) in [5.41, 5.74) is 0. The standard InChI is InChI=1S/C22H25FO2S/c1-2-3-13-24-19-12-11-18-17-10-9-16(25-15-7-5-4-6-8-15)14-20(17)26-22(18)21(19)23/h9-12,14-15H,2-8,13H2,1H3. The zero-order valence-corrected chi connectivity index (χ0v) is 16.0. The highest BCUT2D eigenvalue weighted by Gasteiger charge is 2.17. The number of rotatable bonds is 6. The Bertz CT molecular complexity index is 896. The maximum Gasteiger partial charge on any atom is 0.182 e. The molecule has 0 radical (unpaired) electrons. The first kappa shape index (κ1) is 17.6. The van der Waals surface area contributed by atoms with Gasteiger partial charge in [0.15, 0.2) is 11.6 Å². The molecule has 0 aliphatic heterocycles. The summed E-state index contributed by atoms with van der Waals surface area (Å²) in [5.74, 6) is 1.02. The average Bonchev–Trinajstić information content (AvgIpc) is 3.03. The van der Waals surface area contributed by atoms with Crippen LogP contribution in [0.15, 0.2) is 30.3 Å². The van der Waals surface area contributed by atoms with Gasteiger partial charge in [-0.25, -0.2) is 4.39 Å². The number of halogens is 1. The van der Waals surface area contributed by atoms with Gasteiger partial charge in [0.05, 0.1) is 17.4 Å². The third-order valence-electron chi connectivity index (χ3n) is 5.13. The second-order valence-electron chi connectivity index (χ2n) is 7.09. The highest BCUT2D eigenvalue weighted by molar-refractivity contribution is 7.25. The Labute approximate surface area is 157 Å². The van der Waals surface area contributed by atoms with E-state index in [0.717, 1.165) is 46.9 Å². The number of ether oxygens (including phenoxy) is 2. The fraction of sp³-hybridized carbons (Fsp3) is 0.455. The van der Waals surface area contributed by atoms with Gasteiger partial charge in [-0.3, -0.25) is 0 Å². The van der Waals surface area contributed by atoms with Gasteiger partial charge in [0.1, 0.15) is 5.75 Å². The van der Waals surface area contributed by atoms with E-state index in [9.17, 15) is 4.39 Å². The Hall–Kier alpha value is -1.81. The molecule has 0 N–H and O–H groups in total. The van der Waals surface area contributed by atoms with Crippen molar-refractivity contribution in [3.05, 3.63) is 36.1 Å². The predicted octanol–water partition coefficient (Wildman–Crippen LogP) is 7.08. The minimum atomic E-state index is -0.241. The van der Waals surface area contributed by atoms with Crippen molar-refractivity contribution in [2.45, 2.75) is 58.0 Å². The number of hydrogen-bond donors (Lipinski definition) is 0. The van der Waals surface area contributed by atoms with E-state index in [4.69, 9.17) is 9.47 Å². The number of hydrogen-bond acceptors (Lipinski definition) is 3. The summed E-state index contributed by atoms with van der Waals surface area (Å²) in [6.07, 6.45) is 8.39. The number of unbranched alkanes of at least 4 members (excludes halogenated alkanes) is 1. The van der Waals surface area contributed by atoms with E-state index in [-0.39, 0.29) is 5.82 Å². The Balaban J connectivity index is 1.63. The molecular weight excluding hydrogens is 347 g/mol. The molecule has 0 unspecified atom stereocenters. The van der Waals surface area contributed by atoms with Crippen LogP contribution in [0.25, 0.3) is 20.2 Å². The van der Waals surface area contributed by atoms with Crippen LogP contribution in [0.3, 0.4) is 0 Å². The predicted molar refractivity (Wildman–Crippen MR) is 107 cm³/mol. The Morgan fingerprint density at radius 2 is 1.88 bits per heavy atom. The molecule has 1 aliphatic carbocycles. The summed E-state index contributed by atoms with van der Waals surface area (Å²) in [5, 5.41) is 2.04. The van der Waals surface area contributed by atoms with Crippen LogP contribution in [-0.2, 0) is 0 Å². The van der Waals surface area contributed by atoms with Crippen LogP contribution >= 0.6 is 11.3 Å². The molecule has 0 saturated heterocycles. The molecule has 0 atom stereocenters. The van der Waals surface area contributed by atoms with E-state index >= 15 is 0 Å². The summed E-state index contributed by atoms with van der Waals surface area (Å²) >= 11 is 1.48. The van der Waals surface area contributed by atoms with Crippen LogP contribution < -0.4 is 9.47 Å². The molecule has 0 bridgehead atoms. The van der Waals surface area contributed by atoms with Crippen molar-refractivity contribution in [3.63, 3.8) is 0 Å². The zero-order chi connectivity index (χ0) is 17.9. The summed E-state index contributed by atoms with van der Waals surface area (Å²) < 4.78 is 28.4. The van der Waals surface area contributed by atoms with Gasteiger partial charge < -0.3 is 9.47 Å². The molecule has 1 aliphatic rings. The van der Waals surface area contributed by atoms with E-state index < -0.39 is 0 Å². The first-order valence-corrected chi connectivity index (χ1v) is 10.5. The van der Waals surface area contributed by atoms with Crippen molar-refractivity contribution in [1.29, 1.82) is 0 Å². The second-order valence-corrected chi connectivity index (χ2v) is 8.15. The molecule has 1 heterocycles. The van der Waals surface area contributed by atoms with E-state index in [1.54, 1.807) is 6.07 Å². The van der Waals surface area contributed by atoms with E-state index in [1.165, 1.54) is 30.6 Å². The first-order chi connectivity index (χ1) is 12.8. The normalized spacial score (nSPS) is 15.6. The Kier molecular flexibility index (Phi) is 5.30. The third-order valence-corrected chi connectivity index (χ3v) is 6.29. The smallest absolute Gasteiger partial charge is 0.182 e. The molecule has 3 aromatic rings. The molecule has 1 fully saturated rings. The van der Waals surface area contributed by atoms with Gasteiger partial charge in [-0.05, 0) is 62.4 Å². The molecule has 138 valence electrons. The van der Waals surface area contributed by atoms with Gasteiger partial charge in [0.25, 0.3) is 0 Å². The number of thiophene rings is 1. The van der Waals surface area contributed by atoms with Crippen molar-refractivity contribution in [2.24, 2.45) is 0 Å². The lowest BCUT2D eigenvalue weighted by Crippen LogP contribution is -2.19. The van der Waals surface area contributed by atoms with Crippen LogP contribution in [0, 0.1) is 5.82 Å².